The summed E-state index contributed by atoms with van der Waals surface area (Å²) in [6.45, 7) is 4.02. The summed E-state index contributed by atoms with van der Waals surface area (Å²) in [5, 5.41) is 18.8. The van der Waals surface area contributed by atoms with Crippen molar-refractivity contribution in [1.29, 1.82) is 0 Å². The molecule has 0 spiro atoms. The van der Waals surface area contributed by atoms with E-state index in [0.29, 0.717) is 11.8 Å². The van der Waals surface area contributed by atoms with Crippen LogP contribution in [0.1, 0.15) is 6.42 Å². The molecule has 2 N–H and O–H groups in total. The van der Waals surface area contributed by atoms with Gasteiger partial charge in [0.25, 0.3) is 0 Å². The van der Waals surface area contributed by atoms with E-state index >= 15 is 0 Å². The zero-order chi connectivity index (χ0) is 12.7. The minimum atomic E-state index is 0.110. The normalized spacial score (nSPS) is 33.6. The summed E-state index contributed by atoms with van der Waals surface area (Å²) in [5.41, 5.74) is 0. The summed E-state index contributed by atoms with van der Waals surface area (Å²) >= 11 is 0. The van der Waals surface area contributed by atoms with Crippen LogP contribution in [0.2, 0.25) is 0 Å². The Labute approximate surface area is 103 Å². The maximum absolute atomic E-state index is 9.43. The molecular weight excluding hydrogens is 216 g/mol. The van der Waals surface area contributed by atoms with Crippen molar-refractivity contribution < 1.29 is 14.9 Å². The Kier molecular flexibility index (Phi) is 6.01. The van der Waals surface area contributed by atoms with Gasteiger partial charge in [0.05, 0.1) is 13.4 Å². The van der Waals surface area contributed by atoms with Gasteiger partial charge in [0.2, 0.25) is 0 Å². The minimum Gasteiger partial charge on any atom is -0.504 e. The van der Waals surface area contributed by atoms with Crippen molar-refractivity contribution in [2.24, 2.45) is 23.7 Å². The van der Waals surface area contributed by atoms with Crippen LogP contribution in [0.15, 0.2) is 37.1 Å². The van der Waals surface area contributed by atoms with Crippen molar-refractivity contribution in [1.82, 2.24) is 0 Å². The molecule has 3 heteroatoms. The molecule has 4 atom stereocenters. The van der Waals surface area contributed by atoms with Crippen molar-refractivity contribution >= 4 is 0 Å². The fraction of sp³-hybridized carbons (Fsp3) is 0.571. The molecule has 0 aromatic heterocycles. The van der Waals surface area contributed by atoms with Crippen molar-refractivity contribution in [3.8, 4) is 0 Å². The highest BCUT2D eigenvalue weighted by atomic mass is 16.5. The molecule has 1 saturated carbocycles. The summed E-state index contributed by atoms with van der Waals surface area (Å²) in [4.78, 5) is 0. The van der Waals surface area contributed by atoms with Crippen LogP contribution in [-0.2, 0) is 4.74 Å². The van der Waals surface area contributed by atoms with Crippen molar-refractivity contribution in [3.05, 3.63) is 37.1 Å². The largest absolute Gasteiger partial charge is 0.504 e. The lowest BCUT2D eigenvalue weighted by molar-refractivity contribution is 0.117. The second-order valence-corrected chi connectivity index (χ2v) is 4.44. The van der Waals surface area contributed by atoms with E-state index in [4.69, 9.17) is 4.74 Å². The topological polar surface area (TPSA) is 49.7 Å². The van der Waals surface area contributed by atoms with E-state index in [-0.39, 0.29) is 25.0 Å². The summed E-state index contributed by atoms with van der Waals surface area (Å²) in [7, 11) is 1.60. The van der Waals surface area contributed by atoms with Gasteiger partial charge in [0, 0.05) is 13.2 Å². The average molecular weight is 238 g/mol. The monoisotopic (exact) mass is 238 g/mol. The molecule has 0 heterocycles. The van der Waals surface area contributed by atoms with E-state index in [1.165, 1.54) is 0 Å². The van der Waals surface area contributed by atoms with Gasteiger partial charge >= 0.3 is 0 Å². The van der Waals surface area contributed by atoms with Gasteiger partial charge in [-0.15, -0.1) is 6.58 Å². The van der Waals surface area contributed by atoms with Gasteiger partial charge in [0.1, 0.15) is 0 Å². The first kappa shape index (κ1) is 14.0. The SMILES string of the molecule is C=C[C@@H]1C[C@H](C=CC=COC)[C@@H](CO)[C@H]1CO. The molecule has 96 valence electrons. The summed E-state index contributed by atoms with van der Waals surface area (Å²) in [5.74, 6) is 0.827. The molecule has 17 heavy (non-hydrogen) atoms. The number of aliphatic hydroxyl groups is 2. The maximum Gasteiger partial charge on any atom is 0.0824 e. The van der Waals surface area contributed by atoms with Gasteiger partial charge in [-0.25, -0.2) is 0 Å². The maximum atomic E-state index is 9.43. The second kappa shape index (κ2) is 7.30. The third kappa shape index (κ3) is 3.45. The Balaban J connectivity index is 2.68. The van der Waals surface area contributed by atoms with E-state index in [1.807, 2.05) is 18.2 Å². The molecular formula is C14H22O3. The molecule has 3 nitrogen and oxygen atoms in total. The molecule has 0 aromatic carbocycles. The van der Waals surface area contributed by atoms with Crippen molar-refractivity contribution in [3.63, 3.8) is 0 Å². The molecule has 1 rings (SSSR count). The van der Waals surface area contributed by atoms with Gasteiger partial charge in [-0.2, -0.15) is 0 Å². The molecule has 0 aliphatic heterocycles. The zero-order valence-corrected chi connectivity index (χ0v) is 10.3. The fourth-order valence-corrected chi connectivity index (χ4v) is 2.66. The first-order valence-electron chi connectivity index (χ1n) is 5.98. The highest BCUT2D eigenvalue weighted by Gasteiger charge is 2.39. The third-order valence-electron chi connectivity index (χ3n) is 3.60. The highest BCUT2D eigenvalue weighted by molar-refractivity contribution is 5.09. The molecule has 0 amide bonds. The minimum absolute atomic E-state index is 0.110. The summed E-state index contributed by atoms with van der Waals surface area (Å²) < 4.78 is 4.81. The Morgan fingerprint density at radius 3 is 2.35 bits per heavy atom. The number of hydrogen-bond donors (Lipinski definition) is 2. The van der Waals surface area contributed by atoms with E-state index in [0.717, 1.165) is 6.42 Å². The summed E-state index contributed by atoms with van der Waals surface area (Å²) in [6.07, 6.45) is 10.3. The molecule has 1 fully saturated rings. The molecule has 0 unspecified atom stereocenters. The number of methoxy groups -OCH3 is 1. The van der Waals surface area contributed by atoms with Gasteiger partial charge in [-0.05, 0) is 36.2 Å². The number of aliphatic hydroxyl groups excluding tert-OH is 2. The van der Waals surface area contributed by atoms with E-state index in [2.05, 4.69) is 12.7 Å². The number of hydrogen-bond acceptors (Lipinski definition) is 3. The van der Waals surface area contributed by atoms with Crippen LogP contribution in [0.3, 0.4) is 0 Å². The van der Waals surface area contributed by atoms with Crippen molar-refractivity contribution in [2.75, 3.05) is 20.3 Å². The Bertz CT molecular complexity index is 283. The highest BCUT2D eigenvalue weighted by Crippen LogP contribution is 2.42. The molecule has 0 bridgehead atoms. The standard InChI is InChI=1S/C14H22O3/c1-3-11-8-12(6-4-5-7-17-2)14(10-16)13(11)9-15/h3-7,11-16H,1,8-10H2,2H3/t11-,12+,13+,14-/m1/s1. The number of ether oxygens (including phenoxy) is 1. The van der Waals surface area contributed by atoms with Crippen LogP contribution in [0.5, 0.6) is 0 Å². The lowest BCUT2D eigenvalue weighted by atomic mass is 9.88. The first-order valence-corrected chi connectivity index (χ1v) is 5.98. The lowest BCUT2D eigenvalue weighted by Gasteiger charge is -2.20. The number of rotatable bonds is 6. The van der Waals surface area contributed by atoms with Crippen LogP contribution in [-0.4, -0.2) is 30.5 Å². The average Bonchev–Trinajstić information content (AvgIpc) is 2.71. The molecule has 1 aliphatic carbocycles. The molecule has 0 saturated heterocycles. The quantitative estimate of drug-likeness (QED) is 0.421. The van der Waals surface area contributed by atoms with Crippen LogP contribution < -0.4 is 0 Å². The molecule has 1 aliphatic rings. The van der Waals surface area contributed by atoms with Crippen LogP contribution >= 0.6 is 0 Å². The fourth-order valence-electron chi connectivity index (χ4n) is 2.66. The number of allylic oxidation sites excluding steroid dienone is 4. The molecule has 0 radical (unpaired) electrons. The van der Waals surface area contributed by atoms with Gasteiger partial charge in [0.15, 0.2) is 0 Å². The van der Waals surface area contributed by atoms with E-state index in [1.54, 1.807) is 13.4 Å². The van der Waals surface area contributed by atoms with Gasteiger partial charge in [-0.1, -0.05) is 18.2 Å². The van der Waals surface area contributed by atoms with E-state index < -0.39 is 0 Å². The van der Waals surface area contributed by atoms with Crippen LogP contribution in [0.4, 0.5) is 0 Å². The molecule has 0 aromatic rings. The van der Waals surface area contributed by atoms with Crippen LogP contribution in [0.25, 0.3) is 0 Å². The van der Waals surface area contributed by atoms with Gasteiger partial charge in [-0.3, -0.25) is 0 Å². The van der Waals surface area contributed by atoms with Crippen molar-refractivity contribution in [2.45, 2.75) is 6.42 Å². The predicted octanol–water partition coefficient (Wildman–Crippen LogP) is 1.74. The first-order chi connectivity index (χ1) is 8.28. The zero-order valence-electron chi connectivity index (χ0n) is 10.3. The van der Waals surface area contributed by atoms with E-state index in [9.17, 15) is 10.2 Å². The second-order valence-electron chi connectivity index (χ2n) is 4.44. The Morgan fingerprint density at radius 2 is 1.82 bits per heavy atom. The van der Waals surface area contributed by atoms with Crippen LogP contribution in [0, 0.1) is 23.7 Å². The Morgan fingerprint density at radius 1 is 1.18 bits per heavy atom. The lowest BCUT2D eigenvalue weighted by Crippen LogP contribution is -2.23. The third-order valence-corrected chi connectivity index (χ3v) is 3.60. The Hall–Kier alpha value is -1.06. The summed E-state index contributed by atoms with van der Waals surface area (Å²) in [6, 6.07) is 0. The van der Waals surface area contributed by atoms with Gasteiger partial charge < -0.3 is 14.9 Å². The smallest absolute Gasteiger partial charge is 0.0824 e. The predicted molar refractivity (Wildman–Crippen MR) is 68.2 cm³/mol.